The molecule has 0 bridgehead atoms. The van der Waals surface area contributed by atoms with Gasteiger partial charge in [0.25, 0.3) is 11.8 Å². The second kappa shape index (κ2) is 5.72. The van der Waals surface area contributed by atoms with E-state index in [0.717, 1.165) is 0 Å². The largest absolute Gasteiger partial charge is 0.350 e. The van der Waals surface area contributed by atoms with Gasteiger partial charge in [0, 0.05) is 21.1 Å². The van der Waals surface area contributed by atoms with Crippen LogP contribution < -0.4 is 11.2 Å². The number of amides is 4. The number of hydrazone groups is 1. The maximum absolute atomic E-state index is 12.2. The van der Waals surface area contributed by atoms with Crippen molar-refractivity contribution < 1.29 is 14.4 Å². The van der Waals surface area contributed by atoms with Gasteiger partial charge in [-0.2, -0.15) is 5.10 Å². The standard InChI is InChI=1S/C12H19N5O3/c1-6-8(10(18)16(3)4)11(19)17(5)7(2)9(6)14-15-12(13)20/h7H,1-5H3,(H3,13,15,20). The summed E-state index contributed by atoms with van der Waals surface area (Å²) in [4.78, 5) is 37.8. The highest BCUT2D eigenvalue weighted by Gasteiger charge is 2.36. The Morgan fingerprint density at radius 3 is 2.40 bits per heavy atom. The van der Waals surface area contributed by atoms with Gasteiger partial charge in [-0.3, -0.25) is 9.59 Å². The number of carbonyl (C=O) groups excluding carboxylic acids is 3. The van der Waals surface area contributed by atoms with Crippen molar-refractivity contribution in [1.82, 2.24) is 15.2 Å². The Labute approximate surface area is 117 Å². The number of primary amides is 1. The second-order valence-electron chi connectivity index (χ2n) is 4.76. The molecule has 0 aromatic carbocycles. The molecule has 0 saturated heterocycles. The van der Waals surface area contributed by atoms with Crippen molar-refractivity contribution in [2.45, 2.75) is 19.9 Å². The minimum absolute atomic E-state index is 0.0422. The van der Waals surface area contributed by atoms with Crippen LogP contribution in [0.1, 0.15) is 13.8 Å². The molecule has 0 spiro atoms. The zero-order valence-electron chi connectivity index (χ0n) is 12.2. The summed E-state index contributed by atoms with van der Waals surface area (Å²) in [5.41, 5.74) is 8.01. The minimum Gasteiger partial charge on any atom is -0.350 e. The predicted octanol–water partition coefficient (Wildman–Crippen LogP) is -0.724. The van der Waals surface area contributed by atoms with Gasteiger partial charge in [-0.1, -0.05) is 0 Å². The molecule has 8 heteroatoms. The van der Waals surface area contributed by atoms with E-state index in [9.17, 15) is 14.4 Å². The second-order valence-corrected chi connectivity index (χ2v) is 4.76. The number of likely N-dealkylation sites (N-methyl/N-ethyl adjacent to an activating group) is 2. The number of nitrogens with zero attached hydrogens (tertiary/aromatic N) is 3. The molecule has 0 aliphatic carbocycles. The average Bonchev–Trinajstić information content (AvgIpc) is 2.35. The van der Waals surface area contributed by atoms with E-state index >= 15 is 0 Å². The smallest absolute Gasteiger partial charge is 0.332 e. The van der Waals surface area contributed by atoms with Crippen LogP contribution in [0, 0.1) is 0 Å². The Bertz CT molecular complexity index is 521. The normalized spacial score (nSPS) is 21.2. The first-order valence-corrected chi connectivity index (χ1v) is 6.01. The lowest BCUT2D eigenvalue weighted by atomic mass is 9.93. The highest BCUT2D eigenvalue weighted by Crippen LogP contribution is 2.22. The lowest BCUT2D eigenvalue weighted by Gasteiger charge is -2.33. The number of nitrogens with one attached hydrogen (secondary N) is 1. The van der Waals surface area contributed by atoms with Crippen LogP contribution in [-0.4, -0.2) is 60.5 Å². The number of hydrogen-bond donors (Lipinski definition) is 2. The average molecular weight is 281 g/mol. The predicted molar refractivity (Wildman–Crippen MR) is 73.8 cm³/mol. The highest BCUT2D eigenvalue weighted by atomic mass is 16.2. The van der Waals surface area contributed by atoms with Crippen LogP contribution in [0.5, 0.6) is 0 Å². The van der Waals surface area contributed by atoms with E-state index in [0.29, 0.717) is 11.3 Å². The first-order chi connectivity index (χ1) is 9.18. The summed E-state index contributed by atoms with van der Waals surface area (Å²) in [7, 11) is 4.70. The Kier molecular flexibility index (Phi) is 4.49. The zero-order chi connectivity index (χ0) is 15.6. The maximum Gasteiger partial charge on any atom is 0.332 e. The Morgan fingerprint density at radius 1 is 1.40 bits per heavy atom. The fourth-order valence-corrected chi connectivity index (χ4v) is 1.91. The minimum atomic E-state index is -0.808. The zero-order valence-corrected chi connectivity index (χ0v) is 12.2. The number of urea groups is 1. The summed E-state index contributed by atoms with van der Waals surface area (Å²) in [6.07, 6.45) is 0. The molecule has 0 fully saturated rings. The molecular formula is C12H19N5O3. The Hall–Kier alpha value is -2.38. The molecule has 110 valence electrons. The van der Waals surface area contributed by atoms with Crippen molar-refractivity contribution in [2.24, 2.45) is 10.8 Å². The van der Waals surface area contributed by atoms with E-state index in [1.807, 2.05) is 0 Å². The topological polar surface area (TPSA) is 108 Å². The van der Waals surface area contributed by atoms with Crippen LogP contribution in [-0.2, 0) is 9.59 Å². The summed E-state index contributed by atoms with van der Waals surface area (Å²) in [6, 6.07) is -1.18. The number of carbonyl (C=O) groups is 3. The van der Waals surface area contributed by atoms with E-state index in [-0.39, 0.29) is 17.5 Å². The molecule has 1 aliphatic rings. The third kappa shape index (κ3) is 2.79. The third-order valence-corrected chi connectivity index (χ3v) is 3.18. The maximum atomic E-state index is 12.2. The van der Waals surface area contributed by atoms with Crippen molar-refractivity contribution in [2.75, 3.05) is 21.1 Å². The summed E-state index contributed by atoms with van der Waals surface area (Å²) < 4.78 is 0. The van der Waals surface area contributed by atoms with Crippen LogP contribution in [0.2, 0.25) is 0 Å². The molecule has 3 N–H and O–H groups in total. The Balaban J connectivity index is 3.37. The molecule has 8 nitrogen and oxygen atoms in total. The van der Waals surface area contributed by atoms with Crippen molar-refractivity contribution in [3.63, 3.8) is 0 Å². The summed E-state index contributed by atoms with van der Waals surface area (Å²) >= 11 is 0. The van der Waals surface area contributed by atoms with Gasteiger partial charge in [0.05, 0.1) is 11.8 Å². The molecule has 0 saturated carbocycles. The van der Waals surface area contributed by atoms with Crippen LogP contribution in [0.15, 0.2) is 16.2 Å². The quantitative estimate of drug-likeness (QED) is 0.515. The van der Waals surface area contributed by atoms with Crippen LogP contribution in [0.4, 0.5) is 4.79 Å². The molecule has 20 heavy (non-hydrogen) atoms. The highest BCUT2D eigenvalue weighted by molar-refractivity contribution is 6.27. The van der Waals surface area contributed by atoms with E-state index < -0.39 is 11.9 Å². The molecule has 1 aliphatic heterocycles. The van der Waals surface area contributed by atoms with Crippen LogP contribution >= 0.6 is 0 Å². The van der Waals surface area contributed by atoms with Gasteiger partial charge < -0.3 is 15.5 Å². The van der Waals surface area contributed by atoms with Crippen molar-refractivity contribution in [3.05, 3.63) is 11.1 Å². The first kappa shape index (κ1) is 15.7. The van der Waals surface area contributed by atoms with Crippen LogP contribution in [0.3, 0.4) is 0 Å². The summed E-state index contributed by atoms with van der Waals surface area (Å²) in [5.74, 6) is -0.773. The third-order valence-electron chi connectivity index (χ3n) is 3.18. The van der Waals surface area contributed by atoms with E-state index in [1.165, 1.54) is 9.80 Å². The molecule has 0 aromatic rings. The molecule has 0 radical (unpaired) electrons. The van der Waals surface area contributed by atoms with Crippen molar-refractivity contribution >= 4 is 23.6 Å². The monoisotopic (exact) mass is 281 g/mol. The van der Waals surface area contributed by atoms with Crippen molar-refractivity contribution in [3.8, 4) is 0 Å². The molecule has 0 aromatic heterocycles. The van der Waals surface area contributed by atoms with Crippen LogP contribution in [0.25, 0.3) is 0 Å². The number of hydrogen-bond acceptors (Lipinski definition) is 4. The molecule has 1 rings (SSSR count). The number of rotatable bonds is 2. The Morgan fingerprint density at radius 2 is 1.95 bits per heavy atom. The first-order valence-electron chi connectivity index (χ1n) is 6.01. The fraction of sp³-hybridized carbons (Fsp3) is 0.500. The van der Waals surface area contributed by atoms with Gasteiger partial charge in [0.2, 0.25) is 0 Å². The molecule has 1 atom stereocenters. The van der Waals surface area contributed by atoms with E-state index in [1.54, 1.807) is 35.0 Å². The lowest BCUT2D eigenvalue weighted by molar-refractivity contribution is -0.133. The molecule has 4 amide bonds. The van der Waals surface area contributed by atoms with Gasteiger partial charge >= 0.3 is 6.03 Å². The van der Waals surface area contributed by atoms with E-state index in [2.05, 4.69) is 10.5 Å². The number of nitrogens with two attached hydrogens (primary N) is 1. The van der Waals surface area contributed by atoms with Crippen molar-refractivity contribution in [1.29, 1.82) is 0 Å². The SMILES string of the molecule is CC1=C(C(=O)N(C)C)C(=O)N(C)C(C)C1=NNC(N)=O. The summed E-state index contributed by atoms with van der Waals surface area (Å²) in [6.45, 7) is 3.37. The van der Waals surface area contributed by atoms with Gasteiger partial charge in [-0.25, -0.2) is 10.2 Å². The van der Waals surface area contributed by atoms with E-state index in [4.69, 9.17) is 5.73 Å². The lowest BCUT2D eigenvalue weighted by Crippen LogP contribution is -2.49. The van der Waals surface area contributed by atoms with Gasteiger partial charge in [-0.15, -0.1) is 0 Å². The van der Waals surface area contributed by atoms with Gasteiger partial charge in [0.1, 0.15) is 5.57 Å². The fourth-order valence-electron chi connectivity index (χ4n) is 1.91. The van der Waals surface area contributed by atoms with Gasteiger partial charge in [0.15, 0.2) is 0 Å². The molecule has 1 unspecified atom stereocenters. The summed E-state index contributed by atoms with van der Waals surface area (Å²) in [5, 5.41) is 3.89. The molecule has 1 heterocycles. The van der Waals surface area contributed by atoms with Gasteiger partial charge in [-0.05, 0) is 19.4 Å². The molecular weight excluding hydrogens is 262 g/mol.